The molecule has 0 spiro atoms. The predicted octanol–water partition coefficient (Wildman–Crippen LogP) is 2.28. The Kier molecular flexibility index (Phi) is 4.33. The van der Waals surface area contributed by atoms with Gasteiger partial charge in [-0.3, -0.25) is 5.10 Å². The second-order valence-electron chi connectivity index (χ2n) is 5.29. The second kappa shape index (κ2) is 6.74. The van der Waals surface area contributed by atoms with Gasteiger partial charge in [-0.15, -0.1) is 0 Å². The lowest BCUT2D eigenvalue weighted by atomic mass is 10.2. The highest BCUT2D eigenvalue weighted by molar-refractivity contribution is 5.92. The lowest BCUT2D eigenvalue weighted by Crippen LogP contribution is -2.34. The molecule has 7 nitrogen and oxygen atoms in total. The van der Waals surface area contributed by atoms with E-state index in [1.54, 1.807) is 0 Å². The lowest BCUT2D eigenvalue weighted by molar-refractivity contribution is 1.06. The minimum atomic E-state index is 0.184. The van der Waals surface area contributed by atoms with Gasteiger partial charge in [0.25, 0.3) is 0 Å². The summed E-state index contributed by atoms with van der Waals surface area (Å²) in [5.41, 5.74) is 14.6. The molecule has 7 heteroatoms. The second-order valence-corrected chi connectivity index (χ2v) is 5.29. The summed E-state index contributed by atoms with van der Waals surface area (Å²) in [6.45, 7) is 2.03. The van der Waals surface area contributed by atoms with Crippen molar-refractivity contribution in [1.29, 1.82) is 0 Å². The van der Waals surface area contributed by atoms with E-state index in [0.717, 1.165) is 16.6 Å². The minimum absolute atomic E-state index is 0.184. The van der Waals surface area contributed by atoms with Gasteiger partial charge in [-0.25, -0.2) is 0 Å². The van der Waals surface area contributed by atoms with Gasteiger partial charge < -0.3 is 22.1 Å². The van der Waals surface area contributed by atoms with Crippen LogP contribution in [-0.2, 0) is 0 Å². The maximum atomic E-state index is 5.96. The Balaban J connectivity index is 1.74. The van der Waals surface area contributed by atoms with E-state index in [1.165, 1.54) is 11.8 Å². The molecule has 1 heterocycles. The molecule has 24 heavy (non-hydrogen) atoms. The van der Waals surface area contributed by atoms with Crippen LogP contribution in [0.5, 0.6) is 0 Å². The van der Waals surface area contributed by atoms with E-state index in [1.807, 2.05) is 55.5 Å². The fourth-order valence-corrected chi connectivity index (χ4v) is 2.22. The lowest BCUT2D eigenvalue weighted by Gasteiger charge is -2.12. The van der Waals surface area contributed by atoms with Gasteiger partial charge in [0.1, 0.15) is 5.82 Å². The molecule has 7 N–H and O–H groups in total. The van der Waals surface area contributed by atoms with Crippen LogP contribution in [0.4, 0.5) is 11.5 Å². The number of para-hydroxylation sites is 1. The van der Waals surface area contributed by atoms with Gasteiger partial charge in [0.2, 0.25) is 5.96 Å². The number of anilines is 1. The molecule has 0 aliphatic heterocycles. The van der Waals surface area contributed by atoms with E-state index in [-0.39, 0.29) is 5.96 Å². The predicted molar refractivity (Wildman–Crippen MR) is 97.6 cm³/mol. The Morgan fingerprint density at radius 2 is 1.92 bits per heavy atom. The molecule has 0 atom stereocenters. The molecule has 0 bridgehead atoms. The maximum Gasteiger partial charge on any atom is 0.201 e. The summed E-state index contributed by atoms with van der Waals surface area (Å²) in [7, 11) is 0. The first-order valence-corrected chi connectivity index (χ1v) is 7.45. The monoisotopic (exact) mass is 321 g/mol. The maximum absolute atomic E-state index is 5.96. The van der Waals surface area contributed by atoms with Gasteiger partial charge in [-0.2, -0.15) is 10.1 Å². The Labute approximate surface area is 139 Å². The molecule has 0 fully saturated rings. The van der Waals surface area contributed by atoms with Gasteiger partial charge in [-0.05, 0) is 31.2 Å². The van der Waals surface area contributed by atoms with Crippen LogP contribution >= 0.6 is 0 Å². The molecule has 0 saturated carbocycles. The zero-order valence-electron chi connectivity index (χ0n) is 13.2. The number of nitrogens with two attached hydrogens (primary N) is 2. The molecule has 0 radical (unpaired) electrons. The smallest absolute Gasteiger partial charge is 0.201 e. The SMILES string of the molecule is Cc1ccc(N/C(=C/N)NC(N)=Nc2n[nH]c3ccccc23)cc1. The molecule has 2 aromatic carbocycles. The van der Waals surface area contributed by atoms with E-state index in [9.17, 15) is 0 Å². The summed E-state index contributed by atoms with van der Waals surface area (Å²) >= 11 is 0. The molecule has 0 aliphatic rings. The number of hydrogen-bond acceptors (Lipinski definition) is 4. The van der Waals surface area contributed by atoms with Crippen LogP contribution in [0.1, 0.15) is 5.56 Å². The molecular weight excluding hydrogens is 302 g/mol. The Morgan fingerprint density at radius 1 is 1.17 bits per heavy atom. The van der Waals surface area contributed by atoms with Crippen molar-refractivity contribution in [2.45, 2.75) is 6.92 Å². The van der Waals surface area contributed by atoms with E-state index in [0.29, 0.717) is 11.6 Å². The first-order valence-electron chi connectivity index (χ1n) is 7.45. The van der Waals surface area contributed by atoms with Crippen molar-refractivity contribution in [3.05, 3.63) is 66.1 Å². The Hall–Kier alpha value is -3.48. The van der Waals surface area contributed by atoms with Crippen molar-refractivity contribution < 1.29 is 0 Å². The highest BCUT2D eigenvalue weighted by Crippen LogP contribution is 2.21. The average molecular weight is 321 g/mol. The summed E-state index contributed by atoms with van der Waals surface area (Å²) in [5, 5.41) is 14.0. The fourth-order valence-electron chi connectivity index (χ4n) is 2.22. The number of guanidine groups is 1. The highest BCUT2D eigenvalue weighted by atomic mass is 15.2. The molecule has 3 rings (SSSR count). The van der Waals surface area contributed by atoms with Crippen LogP contribution in [0.2, 0.25) is 0 Å². The number of fused-ring (bicyclic) bond motifs is 1. The van der Waals surface area contributed by atoms with Crippen LogP contribution in [-0.4, -0.2) is 16.2 Å². The van der Waals surface area contributed by atoms with Crippen molar-refractivity contribution in [3.63, 3.8) is 0 Å². The first kappa shape index (κ1) is 15.4. The molecule has 3 aromatic rings. The van der Waals surface area contributed by atoms with Gasteiger partial charge in [0, 0.05) is 17.3 Å². The Morgan fingerprint density at radius 3 is 2.67 bits per heavy atom. The number of nitrogens with zero attached hydrogens (tertiary/aromatic N) is 2. The van der Waals surface area contributed by atoms with Crippen molar-refractivity contribution in [1.82, 2.24) is 15.5 Å². The summed E-state index contributed by atoms with van der Waals surface area (Å²) in [4.78, 5) is 4.30. The molecule has 1 aromatic heterocycles. The van der Waals surface area contributed by atoms with E-state index < -0.39 is 0 Å². The number of rotatable bonds is 4. The molecule has 0 aliphatic carbocycles. The molecule has 0 saturated heterocycles. The number of aromatic nitrogens is 2. The summed E-state index contributed by atoms with van der Waals surface area (Å²) < 4.78 is 0. The van der Waals surface area contributed by atoms with Gasteiger partial charge >= 0.3 is 0 Å². The molecule has 122 valence electrons. The van der Waals surface area contributed by atoms with Crippen molar-refractivity contribution in [2.24, 2.45) is 16.5 Å². The Bertz CT molecular complexity index is 891. The minimum Gasteiger partial charge on any atom is -0.402 e. The van der Waals surface area contributed by atoms with Crippen LogP contribution in [0, 0.1) is 6.92 Å². The normalized spacial score (nSPS) is 12.4. The van der Waals surface area contributed by atoms with Crippen molar-refractivity contribution in [2.75, 3.05) is 5.32 Å². The number of aryl methyl sites for hydroxylation is 1. The average Bonchev–Trinajstić information content (AvgIpc) is 2.99. The molecule has 0 amide bonds. The van der Waals surface area contributed by atoms with Crippen LogP contribution < -0.4 is 22.1 Å². The third-order valence-electron chi connectivity index (χ3n) is 3.44. The third kappa shape index (κ3) is 3.46. The molecule has 0 unspecified atom stereocenters. The standard InChI is InChI=1S/C17H19N7/c1-11-6-8-12(9-7-11)20-15(10-18)21-17(19)22-16-13-4-2-3-5-14(13)23-24-16/h2-10,20H,18H2,1H3,(H4,19,21,22,23,24)/b15-10-. The number of H-pyrrole nitrogens is 1. The molecular formula is C17H19N7. The highest BCUT2D eigenvalue weighted by Gasteiger charge is 2.05. The zero-order valence-corrected chi connectivity index (χ0v) is 13.2. The number of benzene rings is 2. The van der Waals surface area contributed by atoms with E-state index in [2.05, 4.69) is 25.8 Å². The third-order valence-corrected chi connectivity index (χ3v) is 3.44. The number of aromatic amines is 1. The van der Waals surface area contributed by atoms with Crippen LogP contribution in [0.25, 0.3) is 10.9 Å². The van der Waals surface area contributed by atoms with Crippen molar-refractivity contribution >= 4 is 28.4 Å². The first-order chi connectivity index (χ1) is 11.7. The van der Waals surface area contributed by atoms with Crippen LogP contribution in [0.3, 0.4) is 0 Å². The number of aliphatic imine (C=N–C) groups is 1. The van der Waals surface area contributed by atoms with Gasteiger partial charge in [0.05, 0.1) is 5.52 Å². The topological polar surface area (TPSA) is 117 Å². The quantitative estimate of drug-likeness (QED) is 0.373. The number of hydrogen-bond donors (Lipinski definition) is 5. The van der Waals surface area contributed by atoms with Gasteiger partial charge in [-0.1, -0.05) is 29.8 Å². The van der Waals surface area contributed by atoms with E-state index >= 15 is 0 Å². The fraction of sp³-hybridized carbons (Fsp3) is 0.0588. The summed E-state index contributed by atoms with van der Waals surface area (Å²) in [5.74, 6) is 1.23. The van der Waals surface area contributed by atoms with Gasteiger partial charge in [0.15, 0.2) is 5.82 Å². The summed E-state index contributed by atoms with van der Waals surface area (Å²) in [6.07, 6.45) is 1.39. The van der Waals surface area contributed by atoms with Crippen molar-refractivity contribution in [3.8, 4) is 0 Å². The largest absolute Gasteiger partial charge is 0.402 e. The zero-order chi connectivity index (χ0) is 16.9. The number of nitrogens with one attached hydrogen (secondary N) is 3. The van der Waals surface area contributed by atoms with E-state index in [4.69, 9.17) is 11.5 Å². The van der Waals surface area contributed by atoms with Crippen LogP contribution in [0.15, 0.2) is 65.5 Å². The summed E-state index contributed by atoms with van der Waals surface area (Å²) in [6, 6.07) is 15.6.